The van der Waals surface area contributed by atoms with Crippen molar-refractivity contribution in [3.05, 3.63) is 59.2 Å². The zero-order valence-corrected chi connectivity index (χ0v) is 13.1. The maximum atomic E-state index is 14.0. The molecule has 3 nitrogen and oxygen atoms in total. The van der Waals surface area contributed by atoms with E-state index in [1.165, 1.54) is 12.1 Å². The van der Waals surface area contributed by atoms with Gasteiger partial charge in [-0.3, -0.25) is 4.79 Å². The number of hydrogen-bond acceptors (Lipinski definition) is 2. The van der Waals surface area contributed by atoms with Crippen LogP contribution in [0.25, 0.3) is 0 Å². The highest BCUT2D eigenvalue weighted by Crippen LogP contribution is 2.32. The summed E-state index contributed by atoms with van der Waals surface area (Å²) in [4.78, 5) is 13.4. The van der Waals surface area contributed by atoms with Crippen molar-refractivity contribution in [2.75, 3.05) is 17.3 Å². The molecule has 0 bridgehead atoms. The Hall–Kier alpha value is -2.43. The fraction of sp³-hybridized carbons (Fsp3) is 0.278. The summed E-state index contributed by atoms with van der Waals surface area (Å²) in [6, 6.07) is 9.05. The van der Waals surface area contributed by atoms with Crippen molar-refractivity contribution in [3.63, 3.8) is 0 Å². The number of carbonyl (C=O) groups is 1. The second kappa shape index (κ2) is 5.99. The van der Waals surface area contributed by atoms with Gasteiger partial charge in [0.2, 0.25) is 5.91 Å². The number of carbonyl (C=O) groups excluding carboxylic acids is 1. The van der Waals surface area contributed by atoms with Gasteiger partial charge in [-0.1, -0.05) is 13.0 Å². The topological polar surface area (TPSA) is 32.3 Å². The first-order chi connectivity index (χ1) is 11.0. The molecule has 0 spiro atoms. The summed E-state index contributed by atoms with van der Waals surface area (Å²) in [6.07, 6.45) is 1.03. The molecule has 0 saturated carbocycles. The molecule has 1 atom stereocenters. The van der Waals surface area contributed by atoms with Crippen LogP contribution in [0.5, 0.6) is 0 Å². The van der Waals surface area contributed by atoms with E-state index >= 15 is 0 Å². The van der Waals surface area contributed by atoms with Gasteiger partial charge in [0.1, 0.15) is 11.6 Å². The number of amides is 1. The van der Waals surface area contributed by atoms with Crippen LogP contribution in [0.4, 0.5) is 20.2 Å². The SMILES string of the molecule is CCC(Nc1ccc2c(c1)CC(=O)N2C)c1ccc(F)cc1F. The molecule has 120 valence electrons. The highest BCUT2D eigenvalue weighted by atomic mass is 19.1. The Kier molecular flexibility index (Phi) is 4.03. The second-order valence-electron chi connectivity index (χ2n) is 5.74. The zero-order chi connectivity index (χ0) is 16.6. The Morgan fingerprint density at radius 1 is 1.22 bits per heavy atom. The number of anilines is 2. The van der Waals surface area contributed by atoms with Gasteiger partial charge in [0, 0.05) is 30.1 Å². The molecule has 1 aliphatic heterocycles. The molecule has 5 heteroatoms. The first-order valence-electron chi connectivity index (χ1n) is 7.60. The van der Waals surface area contributed by atoms with Crippen LogP contribution in [-0.2, 0) is 11.2 Å². The van der Waals surface area contributed by atoms with Crippen LogP contribution in [0.15, 0.2) is 36.4 Å². The summed E-state index contributed by atoms with van der Waals surface area (Å²) in [5.41, 5.74) is 3.11. The van der Waals surface area contributed by atoms with Crippen molar-refractivity contribution in [2.24, 2.45) is 0 Å². The summed E-state index contributed by atoms with van der Waals surface area (Å²) in [5.74, 6) is -1.07. The quantitative estimate of drug-likeness (QED) is 0.923. The number of hydrogen-bond donors (Lipinski definition) is 1. The van der Waals surface area contributed by atoms with E-state index in [-0.39, 0.29) is 11.9 Å². The first kappa shape index (κ1) is 15.5. The van der Waals surface area contributed by atoms with E-state index in [0.717, 1.165) is 23.0 Å². The third-order valence-corrected chi connectivity index (χ3v) is 4.24. The van der Waals surface area contributed by atoms with Crippen LogP contribution < -0.4 is 10.2 Å². The minimum absolute atomic E-state index is 0.0637. The van der Waals surface area contributed by atoms with Crippen LogP contribution in [0, 0.1) is 11.6 Å². The lowest BCUT2D eigenvalue weighted by atomic mass is 10.0. The van der Waals surface area contributed by atoms with Crippen LogP contribution in [-0.4, -0.2) is 13.0 Å². The number of nitrogens with one attached hydrogen (secondary N) is 1. The maximum Gasteiger partial charge on any atom is 0.231 e. The Morgan fingerprint density at radius 3 is 2.70 bits per heavy atom. The molecule has 1 amide bonds. The standard InChI is InChI=1S/C18H18F2N2O/c1-3-16(14-6-4-12(19)10-15(14)20)21-13-5-7-17-11(8-13)9-18(23)22(17)2/h4-8,10,16,21H,3,9H2,1-2H3. The van der Waals surface area contributed by atoms with Crippen LogP contribution in [0.1, 0.15) is 30.5 Å². The number of fused-ring (bicyclic) bond motifs is 1. The molecule has 1 heterocycles. The van der Waals surface area contributed by atoms with Crippen molar-refractivity contribution in [3.8, 4) is 0 Å². The smallest absolute Gasteiger partial charge is 0.231 e. The minimum atomic E-state index is -0.583. The van der Waals surface area contributed by atoms with Crippen molar-refractivity contribution in [2.45, 2.75) is 25.8 Å². The lowest BCUT2D eigenvalue weighted by Crippen LogP contribution is -2.20. The molecule has 1 aliphatic rings. The highest BCUT2D eigenvalue weighted by molar-refractivity contribution is 6.01. The third-order valence-electron chi connectivity index (χ3n) is 4.24. The third kappa shape index (κ3) is 2.91. The number of benzene rings is 2. The van der Waals surface area contributed by atoms with E-state index in [0.29, 0.717) is 18.4 Å². The number of nitrogens with zero attached hydrogens (tertiary/aromatic N) is 1. The van der Waals surface area contributed by atoms with Gasteiger partial charge < -0.3 is 10.2 Å². The Labute approximate surface area is 133 Å². The average Bonchev–Trinajstić information content (AvgIpc) is 2.80. The Balaban J connectivity index is 1.86. The molecule has 0 saturated heterocycles. The minimum Gasteiger partial charge on any atom is -0.378 e. The van der Waals surface area contributed by atoms with Gasteiger partial charge in [-0.2, -0.15) is 0 Å². The largest absolute Gasteiger partial charge is 0.378 e. The molecule has 2 aromatic carbocycles. The molecule has 2 aromatic rings. The lowest BCUT2D eigenvalue weighted by molar-refractivity contribution is -0.117. The molecule has 0 fully saturated rings. The predicted molar refractivity (Wildman–Crippen MR) is 86.6 cm³/mol. The van der Waals surface area contributed by atoms with Crippen LogP contribution in [0.3, 0.4) is 0 Å². The second-order valence-corrected chi connectivity index (χ2v) is 5.74. The molecule has 1 N–H and O–H groups in total. The van der Waals surface area contributed by atoms with E-state index in [9.17, 15) is 13.6 Å². The normalized spacial score (nSPS) is 14.8. The van der Waals surface area contributed by atoms with Gasteiger partial charge in [0.05, 0.1) is 12.5 Å². The van der Waals surface area contributed by atoms with Crippen molar-refractivity contribution in [1.82, 2.24) is 0 Å². The zero-order valence-electron chi connectivity index (χ0n) is 13.1. The summed E-state index contributed by atoms with van der Waals surface area (Å²) < 4.78 is 27.0. The lowest BCUT2D eigenvalue weighted by Gasteiger charge is -2.20. The molecule has 0 aliphatic carbocycles. The van der Waals surface area contributed by atoms with Gasteiger partial charge in [0.15, 0.2) is 0 Å². The first-order valence-corrected chi connectivity index (χ1v) is 7.60. The monoisotopic (exact) mass is 316 g/mol. The Morgan fingerprint density at radius 2 is 2.00 bits per heavy atom. The fourth-order valence-corrected chi connectivity index (χ4v) is 2.94. The molecule has 1 unspecified atom stereocenters. The van der Waals surface area contributed by atoms with Gasteiger partial charge in [-0.05, 0) is 36.2 Å². The summed E-state index contributed by atoms with van der Waals surface area (Å²) >= 11 is 0. The van der Waals surface area contributed by atoms with E-state index < -0.39 is 11.6 Å². The molecule has 3 rings (SSSR count). The van der Waals surface area contributed by atoms with E-state index in [1.54, 1.807) is 11.9 Å². The molecule has 23 heavy (non-hydrogen) atoms. The summed E-state index contributed by atoms with van der Waals surface area (Å²) in [6.45, 7) is 1.94. The number of likely N-dealkylation sites (N-methyl/N-ethyl adjacent to an activating group) is 1. The van der Waals surface area contributed by atoms with E-state index in [1.807, 2.05) is 25.1 Å². The number of halogens is 2. The van der Waals surface area contributed by atoms with Crippen molar-refractivity contribution < 1.29 is 13.6 Å². The predicted octanol–water partition coefficient (Wildman–Crippen LogP) is 4.05. The van der Waals surface area contributed by atoms with Crippen LogP contribution in [0.2, 0.25) is 0 Å². The summed E-state index contributed by atoms with van der Waals surface area (Å²) in [7, 11) is 1.75. The molecular weight excluding hydrogens is 298 g/mol. The van der Waals surface area contributed by atoms with Gasteiger partial charge >= 0.3 is 0 Å². The van der Waals surface area contributed by atoms with E-state index in [2.05, 4.69) is 5.32 Å². The van der Waals surface area contributed by atoms with Crippen molar-refractivity contribution >= 4 is 17.3 Å². The Bertz CT molecular complexity index is 761. The summed E-state index contributed by atoms with van der Waals surface area (Å²) in [5, 5.41) is 3.27. The van der Waals surface area contributed by atoms with Crippen LogP contribution >= 0.6 is 0 Å². The van der Waals surface area contributed by atoms with Crippen molar-refractivity contribution in [1.29, 1.82) is 0 Å². The van der Waals surface area contributed by atoms with Gasteiger partial charge in [0.25, 0.3) is 0 Å². The van der Waals surface area contributed by atoms with E-state index in [4.69, 9.17) is 0 Å². The average molecular weight is 316 g/mol. The molecule has 0 radical (unpaired) electrons. The number of rotatable bonds is 4. The molecule has 0 aromatic heterocycles. The maximum absolute atomic E-state index is 14.0. The fourth-order valence-electron chi connectivity index (χ4n) is 2.94. The van der Waals surface area contributed by atoms with Gasteiger partial charge in [-0.15, -0.1) is 0 Å². The van der Waals surface area contributed by atoms with Gasteiger partial charge in [-0.25, -0.2) is 8.78 Å². The highest BCUT2D eigenvalue weighted by Gasteiger charge is 2.24. The molecular formula is C18H18F2N2O.